The van der Waals surface area contributed by atoms with Crippen LogP contribution in [0.15, 0.2) is 24.3 Å². The third-order valence-electron chi connectivity index (χ3n) is 3.96. The highest BCUT2D eigenvalue weighted by atomic mass is 16.6. The summed E-state index contributed by atoms with van der Waals surface area (Å²) in [5.74, 6) is 0.108. The molecule has 1 aliphatic heterocycles. The lowest BCUT2D eigenvalue weighted by molar-refractivity contribution is -0.385. The minimum Gasteiger partial charge on any atom is -0.486 e. The van der Waals surface area contributed by atoms with Crippen molar-refractivity contribution in [3.05, 3.63) is 34.4 Å². The second kappa shape index (κ2) is 7.92. The van der Waals surface area contributed by atoms with Crippen LogP contribution in [0.2, 0.25) is 0 Å². The van der Waals surface area contributed by atoms with E-state index in [4.69, 9.17) is 4.74 Å². The Morgan fingerprint density at radius 3 is 2.87 bits per heavy atom. The zero-order valence-corrected chi connectivity index (χ0v) is 13.5. The van der Waals surface area contributed by atoms with Crippen LogP contribution in [0.1, 0.15) is 26.7 Å². The van der Waals surface area contributed by atoms with Crippen molar-refractivity contribution in [1.82, 2.24) is 10.2 Å². The maximum absolute atomic E-state index is 11.9. The zero-order valence-electron chi connectivity index (χ0n) is 13.5. The molecule has 7 nitrogen and oxygen atoms in total. The van der Waals surface area contributed by atoms with E-state index in [2.05, 4.69) is 24.1 Å². The van der Waals surface area contributed by atoms with Crippen LogP contribution in [0, 0.1) is 10.1 Å². The molecule has 7 heteroatoms. The van der Waals surface area contributed by atoms with Gasteiger partial charge in [0.2, 0.25) is 5.91 Å². The van der Waals surface area contributed by atoms with E-state index in [9.17, 15) is 14.9 Å². The summed E-state index contributed by atoms with van der Waals surface area (Å²) >= 11 is 0. The quantitative estimate of drug-likeness (QED) is 0.613. The lowest BCUT2D eigenvalue weighted by Crippen LogP contribution is -2.38. The topological polar surface area (TPSA) is 84.7 Å². The summed E-state index contributed by atoms with van der Waals surface area (Å²) < 4.78 is 5.38. The van der Waals surface area contributed by atoms with E-state index in [0.717, 1.165) is 19.5 Å². The van der Waals surface area contributed by atoms with Gasteiger partial charge in [0.25, 0.3) is 0 Å². The second-order valence-electron chi connectivity index (χ2n) is 5.97. The normalized spacial score (nSPS) is 18.1. The lowest BCUT2D eigenvalue weighted by Gasteiger charge is -2.20. The second-order valence-corrected chi connectivity index (χ2v) is 5.97. The molecule has 1 atom stereocenters. The van der Waals surface area contributed by atoms with E-state index in [1.807, 2.05) is 0 Å². The van der Waals surface area contributed by atoms with Gasteiger partial charge in [0.15, 0.2) is 5.75 Å². The third kappa shape index (κ3) is 4.92. The van der Waals surface area contributed by atoms with Crippen molar-refractivity contribution < 1.29 is 14.5 Å². The number of amides is 1. The highest BCUT2D eigenvalue weighted by molar-refractivity contribution is 5.76. The van der Waals surface area contributed by atoms with Crippen molar-refractivity contribution in [3.63, 3.8) is 0 Å². The molecular weight excluding hydrogens is 298 g/mol. The highest BCUT2D eigenvalue weighted by Gasteiger charge is 2.25. The first kappa shape index (κ1) is 17.2. The maximum Gasteiger partial charge on any atom is 0.310 e. The molecular formula is C16H23N3O4. The van der Waals surface area contributed by atoms with Gasteiger partial charge in [-0.05, 0) is 26.3 Å². The van der Waals surface area contributed by atoms with Gasteiger partial charge in [-0.2, -0.15) is 0 Å². The Kier molecular flexibility index (Phi) is 5.92. The molecule has 1 saturated heterocycles. The summed E-state index contributed by atoms with van der Waals surface area (Å²) in [6.45, 7) is 6.27. The van der Waals surface area contributed by atoms with Crippen LogP contribution in [-0.2, 0) is 4.79 Å². The number of benzene rings is 1. The van der Waals surface area contributed by atoms with Crippen molar-refractivity contribution in [2.24, 2.45) is 0 Å². The van der Waals surface area contributed by atoms with Crippen molar-refractivity contribution in [1.29, 1.82) is 0 Å². The fourth-order valence-corrected chi connectivity index (χ4v) is 2.66. The molecule has 1 aromatic carbocycles. The van der Waals surface area contributed by atoms with Crippen molar-refractivity contribution in [2.45, 2.75) is 38.8 Å². The van der Waals surface area contributed by atoms with E-state index < -0.39 is 4.92 Å². The maximum atomic E-state index is 11.9. The minimum absolute atomic E-state index is 0.0841. The molecule has 2 rings (SSSR count). The fourth-order valence-electron chi connectivity index (χ4n) is 2.66. The number of hydrogen-bond acceptors (Lipinski definition) is 5. The van der Waals surface area contributed by atoms with Crippen LogP contribution in [0.4, 0.5) is 5.69 Å². The Morgan fingerprint density at radius 2 is 2.22 bits per heavy atom. The molecule has 0 saturated carbocycles. The first-order valence-corrected chi connectivity index (χ1v) is 7.87. The molecule has 0 bridgehead atoms. The monoisotopic (exact) mass is 321 g/mol. The predicted octanol–water partition coefficient (Wildman–Crippen LogP) is 1.96. The number of nitro groups is 1. The molecule has 0 aliphatic carbocycles. The molecule has 1 unspecified atom stereocenters. The van der Waals surface area contributed by atoms with Crippen molar-refractivity contribution >= 4 is 11.6 Å². The number of nitrogens with one attached hydrogen (secondary N) is 1. The van der Waals surface area contributed by atoms with Gasteiger partial charge >= 0.3 is 5.69 Å². The van der Waals surface area contributed by atoms with Crippen LogP contribution in [0.25, 0.3) is 0 Å². The summed E-state index contributed by atoms with van der Waals surface area (Å²) in [6, 6.07) is 6.83. The first-order chi connectivity index (χ1) is 11.0. The van der Waals surface area contributed by atoms with Gasteiger partial charge in [0.05, 0.1) is 18.0 Å². The Morgan fingerprint density at radius 1 is 1.48 bits per heavy atom. The van der Waals surface area contributed by atoms with Gasteiger partial charge in [0, 0.05) is 31.2 Å². The number of rotatable bonds is 7. The van der Waals surface area contributed by atoms with E-state index in [-0.39, 0.29) is 36.4 Å². The van der Waals surface area contributed by atoms with E-state index in [1.54, 1.807) is 12.1 Å². The molecule has 1 N–H and O–H groups in total. The number of carbonyl (C=O) groups is 1. The largest absolute Gasteiger partial charge is 0.486 e. The third-order valence-corrected chi connectivity index (χ3v) is 3.96. The molecule has 126 valence electrons. The number of carbonyl (C=O) groups excluding carboxylic acids is 1. The lowest BCUT2D eigenvalue weighted by atomic mass is 10.2. The van der Waals surface area contributed by atoms with Gasteiger partial charge in [-0.3, -0.25) is 19.8 Å². The number of likely N-dealkylation sites (tertiary alicyclic amines) is 1. The predicted molar refractivity (Wildman–Crippen MR) is 86.5 cm³/mol. The van der Waals surface area contributed by atoms with Gasteiger partial charge < -0.3 is 10.1 Å². The summed E-state index contributed by atoms with van der Waals surface area (Å²) in [5, 5.41) is 13.9. The Balaban J connectivity index is 1.75. The van der Waals surface area contributed by atoms with Crippen LogP contribution in [0.3, 0.4) is 0 Å². The van der Waals surface area contributed by atoms with E-state index in [1.165, 1.54) is 12.1 Å². The average molecular weight is 321 g/mol. The molecule has 1 heterocycles. The number of para-hydroxylation sites is 2. The SMILES string of the molecule is CC(C)N1CCC(NC(=O)CCOc2ccccc2[N+](=O)[O-])C1. The fraction of sp³-hybridized carbons (Fsp3) is 0.562. The van der Waals surface area contributed by atoms with Gasteiger partial charge in [-0.1, -0.05) is 12.1 Å². The number of hydrogen-bond donors (Lipinski definition) is 1. The van der Waals surface area contributed by atoms with Crippen LogP contribution >= 0.6 is 0 Å². The molecule has 1 amide bonds. The minimum atomic E-state index is -0.492. The first-order valence-electron chi connectivity index (χ1n) is 7.87. The molecule has 1 fully saturated rings. The summed E-state index contributed by atoms with van der Waals surface area (Å²) in [6.07, 6.45) is 1.14. The van der Waals surface area contributed by atoms with Gasteiger partial charge in [-0.15, -0.1) is 0 Å². The molecule has 0 aromatic heterocycles. The van der Waals surface area contributed by atoms with Crippen molar-refractivity contribution in [3.8, 4) is 5.75 Å². The molecule has 0 radical (unpaired) electrons. The standard InChI is InChI=1S/C16H23N3O4/c1-12(2)18-9-7-13(11-18)17-16(20)8-10-23-15-6-4-3-5-14(15)19(21)22/h3-6,12-13H,7-11H2,1-2H3,(H,17,20). The number of nitrogens with zero attached hydrogens (tertiary/aromatic N) is 2. The summed E-state index contributed by atoms with van der Waals surface area (Å²) in [5.41, 5.74) is -0.0868. The molecule has 23 heavy (non-hydrogen) atoms. The Bertz CT molecular complexity index is 562. The van der Waals surface area contributed by atoms with Crippen LogP contribution in [-0.4, -0.2) is 47.5 Å². The summed E-state index contributed by atoms with van der Waals surface area (Å²) in [4.78, 5) is 24.7. The van der Waals surface area contributed by atoms with E-state index in [0.29, 0.717) is 6.04 Å². The van der Waals surface area contributed by atoms with E-state index >= 15 is 0 Å². The van der Waals surface area contributed by atoms with Crippen molar-refractivity contribution in [2.75, 3.05) is 19.7 Å². The smallest absolute Gasteiger partial charge is 0.310 e. The van der Waals surface area contributed by atoms with Gasteiger partial charge in [-0.25, -0.2) is 0 Å². The molecule has 0 spiro atoms. The Hall–Kier alpha value is -2.15. The zero-order chi connectivity index (χ0) is 16.8. The number of nitro benzene ring substituents is 1. The van der Waals surface area contributed by atoms with Crippen LogP contribution in [0.5, 0.6) is 5.75 Å². The van der Waals surface area contributed by atoms with Crippen LogP contribution < -0.4 is 10.1 Å². The highest BCUT2D eigenvalue weighted by Crippen LogP contribution is 2.25. The van der Waals surface area contributed by atoms with Gasteiger partial charge in [0.1, 0.15) is 0 Å². The summed E-state index contributed by atoms with van der Waals surface area (Å²) in [7, 11) is 0. The molecule has 1 aromatic rings. The average Bonchev–Trinajstić information content (AvgIpc) is 2.96. The Labute approximate surface area is 135 Å². The molecule has 1 aliphatic rings. The number of ether oxygens (including phenoxy) is 1.